The van der Waals surface area contributed by atoms with Crippen molar-refractivity contribution in [3.8, 4) is 0 Å². The van der Waals surface area contributed by atoms with Crippen molar-refractivity contribution in [3.05, 3.63) is 35.9 Å². The Morgan fingerprint density at radius 2 is 2.07 bits per heavy atom. The van der Waals surface area contributed by atoms with Gasteiger partial charge in [-0.15, -0.1) is 0 Å². The molecule has 0 heterocycles. The van der Waals surface area contributed by atoms with E-state index in [0.29, 0.717) is 5.71 Å². The number of carbonyl (C=O) groups excluding carboxylic acids is 1. The fourth-order valence-corrected chi connectivity index (χ4v) is 0.914. The lowest BCUT2D eigenvalue weighted by Crippen LogP contribution is -2.26. The zero-order valence-corrected chi connectivity index (χ0v) is 7.77. The van der Waals surface area contributed by atoms with Crippen molar-refractivity contribution in [3.63, 3.8) is 0 Å². The third-order valence-electron chi connectivity index (χ3n) is 1.58. The van der Waals surface area contributed by atoms with E-state index in [0.717, 1.165) is 5.56 Å². The highest BCUT2D eigenvalue weighted by Crippen LogP contribution is 2.00. The van der Waals surface area contributed by atoms with Crippen molar-refractivity contribution in [2.24, 2.45) is 5.16 Å². The van der Waals surface area contributed by atoms with Crippen LogP contribution in [-0.2, 0) is 9.63 Å². The number of carbonyl (C=O) groups is 1. The lowest BCUT2D eigenvalue weighted by molar-refractivity contribution is -0.309. The second kappa shape index (κ2) is 5.01. The molecule has 0 fully saturated rings. The summed E-state index contributed by atoms with van der Waals surface area (Å²) in [6.07, 6.45) is 0. The highest BCUT2D eigenvalue weighted by Gasteiger charge is 1.95. The van der Waals surface area contributed by atoms with Gasteiger partial charge in [0, 0.05) is 0 Å². The average molecular weight is 192 g/mol. The average Bonchev–Trinajstić information content (AvgIpc) is 2.18. The van der Waals surface area contributed by atoms with Crippen LogP contribution in [0.5, 0.6) is 0 Å². The topological polar surface area (TPSA) is 61.7 Å². The van der Waals surface area contributed by atoms with E-state index in [4.69, 9.17) is 0 Å². The molecule has 0 saturated heterocycles. The smallest absolute Gasteiger partial charge is 0.156 e. The summed E-state index contributed by atoms with van der Waals surface area (Å²) in [6.45, 7) is 1.22. The predicted octanol–water partition coefficient (Wildman–Crippen LogP) is 0.177. The maximum Gasteiger partial charge on any atom is 0.156 e. The van der Waals surface area contributed by atoms with Crippen LogP contribution in [0.3, 0.4) is 0 Å². The first-order valence-electron chi connectivity index (χ1n) is 4.12. The highest BCUT2D eigenvalue weighted by molar-refractivity contribution is 5.98. The van der Waals surface area contributed by atoms with E-state index in [1.165, 1.54) is 0 Å². The van der Waals surface area contributed by atoms with Crippen LogP contribution in [0.25, 0.3) is 0 Å². The molecule has 0 atom stereocenters. The van der Waals surface area contributed by atoms with Crippen molar-refractivity contribution in [1.82, 2.24) is 0 Å². The predicted molar refractivity (Wildman–Crippen MR) is 49.6 cm³/mol. The molecule has 0 N–H and O–H groups in total. The number of carboxylic acid groups (broad SMARTS) is 1. The van der Waals surface area contributed by atoms with Crippen LogP contribution in [0.4, 0.5) is 0 Å². The molecule has 0 aliphatic heterocycles. The molecule has 0 radical (unpaired) electrons. The molecule has 74 valence electrons. The van der Waals surface area contributed by atoms with Crippen LogP contribution in [0, 0.1) is 0 Å². The van der Waals surface area contributed by atoms with E-state index in [1.54, 1.807) is 6.92 Å². The van der Waals surface area contributed by atoms with Crippen LogP contribution < -0.4 is 5.11 Å². The van der Waals surface area contributed by atoms with Crippen LogP contribution in [0.15, 0.2) is 35.5 Å². The molecule has 0 saturated carbocycles. The summed E-state index contributed by atoms with van der Waals surface area (Å²) >= 11 is 0. The number of aliphatic carboxylic acids is 1. The van der Waals surface area contributed by atoms with Crippen molar-refractivity contribution >= 4 is 11.7 Å². The first-order valence-corrected chi connectivity index (χ1v) is 4.12. The van der Waals surface area contributed by atoms with Crippen molar-refractivity contribution in [2.45, 2.75) is 6.92 Å². The van der Waals surface area contributed by atoms with Gasteiger partial charge in [0.25, 0.3) is 0 Å². The quantitative estimate of drug-likeness (QED) is 0.505. The molecule has 1 aromatic carbocycles. The largest absolute Gasteiger partial charge is 0.546 e. The second-order valence-electron chi connectivity index (χ2n) is 2.69. The van der Waals surface area contributed by atoms with Crippen LogP contribution >= 0.6 is 0 Å². The Balaban J connectivity index is 2.57. The minimum atomic E-state index is -1.28. The molecule has 0 spiro atoms. The SMILES string of the molecule is CC(=NOCC(=O)[O-])c1ccccc1. The lowest BCUT2D eigenvalue weighted by Gasteiger charge is -2.02. The molecule has 0 aliphatic rings. The third kappa shape index (κ3) is 3.26. The summed E-state index contributed by atoms with van der Waals surface area (Å²) in [5, 5.41) is 13.6. The number of hydrogen-bond donors (Lipinski definition) is 0. The van der Waals surface area contributed by atoms with Gasteiger partial charge in [-0.2, -0.15) is 0 Å². The van der Waals surface area contributed by atoms with Crippen LogP contribution in [0.1, 0.15) is 12.5 Å². The third-order valence-corrected chi connectivity index (χ3v) is 1.58. The first kappa shape index (κ1) is 10.2. The maximum atomic E-state index is 10.0. The van der Waals surface area contributed by atoms with Gasteiger partial charge in [0.15, 0.2) is 6.61 Å². The summed E-state index contributed by atoms with van der Waals surface area (Å²) in [6, 6.07) is 9.35. The molecule has 0 unspecified atom stereocenters. The molecule has 4 nitrogen and oxygen atoms in total. The Morgan fingerprint density at radius 1 is 1.43 bits per heavy atom. The van der Waals surface area contributed by atoms with Gasteiger partial charge in [0.1, 0.15) is 0 Å². The Kier molecular flexibility index (Phi) is 3.67. The van der Waals surface area contributed by atoms with Crippen LogP contribution in [-0.4, -0.2) is 18.3 Å². The van der Waals surface area contributed by atoms with Gasteiger partial charge >= 0.3 is 0 Å². The van der Waals surface area contributed by atoms with E-state index in [-0.39, 0.29) is 0 Å². The fourth-order valence-electron chi connectivity index (χ4n) is 0.914. The van der Waals surface area contributed by atoms with Gasteiger partial charge in [-0.1, -0.05) is 35.5 Å². The fraction of sp³-hybridized carbons (Fsp3) is 0.200. The van der Waals surface area contributed by atoms with Gasteiger partial charge in [0.2, 0.25) is 0 Å². The molecule has 0 amide bonds. The number of benzene rings is 1. The number of nitrogens with zero attached hydrogens (tertiary/aromatic N) is 1. The van der Waals surface area contributed by atoms with E-state index in [9.17, 15) is 9.90 Å². The lowest BCUT2D eigenvalue weighted by atomic mass is 10.1. The molecule has 0 aliphatic carbocycles. The van der Waals surface area contributed by atoms with Gasteiger partial charge < -0.3 is 14.7 Å². The van der Waals surface area contributed by atoms with E-state index < -0.39 is 12.6 Å². The van der Waals surface area contributed by atoms with E-state index in [2.05, 4.69) is 9.99 Å². The molecular weight excluding hydrogens is 182 g/mol. The molecule has 14 heavy (non-hydrogen) atoms. The zero-order valence-electron chi connectivity index (χ0n) is 7.77. The van der Waals surface area contributed by atoms with Crippen molar-refractivity contribution in [1.29, 1.82) is 0 Å². The number of rotatable bonds is 4. The highest BCUT2D eigenvalue weighted by atomic mass is 16.6. The first-order chi connectivity index (χ1) is 6.70. The van der Waals surface area contributed by atoms with Crippen molar-refractivity contribution < 1.29 is 14.7 Å². The Bertz CT molecular complexity index is 332. The molecule has 4 heteroatoms. The monoisotopic (exact) mass is 192 g/mol. The molecule has 1 rings (SSSR count). The molecule has 0 aromatic heterocycles. The summed E-state index contributed by atoms with van der Waals surface area (Å²) in [7, 11) is 0. The Hall–Kier alpha value is -1.84. The summed E-state index contributed by atoms with van der Waals surface area (Å²) in [4.78, 5) is 14.5. The molecule has 0 bridgehead atoms. The maximum absolute atomic E-state index is 10.0. The zero-order chi connectivity index (χ0) is 10.4. The normalized spacial score (nSPS) is 11.1. The van der Waals surface area contributed by atoms with Crippen LogP contribution in [0.2, 0.25) is 0 Å². The van der Waals surface area contributed by atoms with Gasteiger partial charge in [-0.25, -0.2) is 0 Å². The Morgan fingerprint density at radius 3 is 2.64 bits per heavy atom. The number of hydrogen-bond acceptors (Lipinski definition) is 4. The van der Waals surface area contributed by atoms with Gasteiger partial charge in [-0.05, 0) is 12.5 Å². The minimum Gasteiger partial charge on any atom is -0.546 e. The number of oxime groups is 1. The van der Waals surface area contributed by atoms with Crippen molar-refractivity contribution in [2.75, 3.05) is 6.61 Å². The number of carboxylic acids is 1. The summed E-state index contributed by atoms with van der Waals surface area (Å²) in [5.41, 5.74) is 1.53. The molecule has 1 aromatic rings. The second-order valence-corrected chi connectivity index (χ2v) is 2.69. The standard InChI is InChI=1S/C10H11NO3/c1-8(11-14-7-10(12)13)9-5-3-2-4-6-9/h2-6H,7H2,1H3,(H,12,13)/p-1. The van der Waals surface area contributed by atoms with E-state index >= 15 is 0 Å². The molecular formula is C10H10NO3-. The summed E-state index contributed by atoms with van der Waals surface area (Å²) < 4.78 is 0. The Labute approximate surface area is 81.8 Å². The van der Waals surface area contributed by atoms with Gasteiger partial charge in [-0.3, -0.25) is 0 Å². The van der Waals surface area contributed by atoms with Gasteiger partial charge in [0.05, 0.1) is 11.7 Å². The van der Waals surface area contributed by atoms with E-state index in [1.807, 2.05) is 30.3 Å². The minimum absolute atomic E-state index is 0.524. The summed E-state index contributed by atoms with van der Waals surface area (Å²) in [5.74, 6) is -1.28.